The molecule has 0 spiro atoms. The zero-order chi connectivity index (χ0) is 14.2. The summed E-state index contributed by atoms with van der Waals surface area (Å²) in [5, 5.41) is 3.01. The normalized spacial score (nSPS) is 30.9. The van der Waals surface area contributed by atoms with E-state index < -0.39 is 0 Å². The molecule has 0 bridgehead atoms. The number of anilines is 2. The number of carbonyl (C=O) groups excluding carboxylic acids is 1. The van der Waals surface area contributed by atoms with Crippen LogP contribution in [-0.4, -0.2) is 37.2 Å². The lowest BCUT2D eigenvalue weighted by Gasteiger charge is -2.27. The summed E-state index contributed by atoms with van der Waals surface area (Å²) >= 11 is 0. The molecule has 1 saturated heterocycles. The van der Waals surface area contributed by atoms with Crippen molar-refractivity contribution in [1.29, 1.82) is 0 Å². The van der Waals surface area contributed by atoms with E-state index in [9.17, 15) is 4.79 Å². The van der Waals surface area contributed by atoms with Gasteiger partial charge in [-0.2, -0.15) is 0 Å². The number of pyridine rings is 1. The molecule has 1 aliphatic heterocycles. The molecule has 1 aromatic heterocycles. The van der Waals surface area contributed by atoms with E-state index in [0.29, 0.717) is 0 Å². The summed E-state index contributed by atoms with van der Waals surface area (Å²) < 4.78 is 5.34. The van der Waals surface area contributed by atoms with Gasteiger partial charge in [-0.15, -0.1) is 0 Å². The maximum Gasteiger partial charge on any atom is 0.227 e. The van der Waals surface area contributed by atoms with Crippen molar-refractivity contribution in [3.63, 3.8) is 0 Å². The standard InChI is InChI=1S/C16H21N3O2/c20-16(13-8-11-7-12(11)9-13)18-14-1-2-15(17-10-14)19-3-5-21-6-4-19/h1-2,10-13H,3-9H2,(H,18,20). The molecule has 5 heteroatoms. The predicted octanol–water partition coefficient (Wildman–Crippen LogP) is 1.90. The van der Waals surface area contributed by atoms with Crippen LogP contribution in [-0.2, 0) is 9.53 Å². The van der Waals surface area contributed by atoms with Crippen LogP contribution in [0.4, 0.5) is 11.5 Å². The van der Waals surface area contributed by atoms with E-state index in [1.165, 1.54) is 6.42 Å². The third kappa shape index (κ3) is 2.75. The van der Waals surface area contributed by atoms with Crippen molar-refractivity contribution >= 4 is 17.4 Å². The molecule has 2 aliphatic carbocycles. The minimum absolute atomic E-state index is 0.170. The summed E-state index contributed by atoms with van der Waals surface area (Å²) in [7, 11) is 0. The number of morpholine rings is 1. The van der Waals surface area contributed by atoms with Gasteiger partial charge in [-0.25, -0.2) is 4.98 Å². The second-order valence-corrected chi connectivity index (χ2v) is 6.42. The molecule has 2 saturated carbocycles. The van der Waals surface area contributed by atoms with Gasteiger partial charge >= 0.3 is 0 Å². The summed E-state index contributed by atoms with van der Waals surface area (Å²) in [6.45, 7) is 3.27. The van der Waals surface area contributed by atoms with Crippen LogP contribution in [0.15, 0.2) is 18.3 Å². The number of fused-ring (bicyclic) bond motifs is 1. The minimum Gasteiger partial charge on any atom is -0.378 e. The lowest BCUT2D eigenvalue weighted by Crippen LogP contribution is -2.36. The smallest absolute Gasteiger partial charge is 0.227 e. The molecule has 2 unspecified atom stereocenters. The van der Waals surface area contributed by atoms with Crippen molar-refractivity contribution in [2.45, 2.75) is 19.3 Å². The first-order valence-corrected chi connectivity index (χ1v) is 7.89. The van der Waals surface area contributed by atoms with Crippen molar-refractivity contribution in [2.75, 3.05) is 36.5 Å². The Morgan fingerprint density at radius 1 is 1.19 bits per heavy atom. The van der Waals surface area contributed by atoms with Crippen molar-refractivity contribution in [3.8, 4) is 0 Å². The fourth-order valence-corrected chi connectivity index (χ4v) is 3.61. The lowest BCUT2D eigenvalue weighted by molar-refractivity contribution is -0.120. The molecule has 3 aliphatic rings. The van der Waals surface area contributed by atoms with Gasteiger partial charge < -0.3 is 15.0 Å². The van der Waals surface area contributed by atoms with Gasteiger partial charge in [0.25, 0.3) is 0 Å². The highest BCUT2D eigenvalue weighted by Crippen LogP contribution is 2.54. The van der Waals surface area contributed by atoms with Gasteiger partial charge in [0, 0.05) is 19.0 Å². The molecule has 2 heterocycles. The molecule has 1 aromatic rings. The average Bonchev–Trinajstić information content (AvgIpc) is 3.15. The largest absolute Gasteiger partial charge is 0.378 e. The molecule has 3 fully saturated rings. The highest BCUT2D eigenvalue weighted by molar-refractivity contribution is 5.92. The van der Waals surface area contributed by atoms with Gasteiger partial charge in [-0.05, 0) is 43.2 Å². The maximum absolute atomic E-state index is 12.2. The van der Waals surface area contributed by atoms with Crippen LogP contribution in [0.3, 0.4) is 0 Å². The lowest BCUT2D eigenvalue weighted by atomic mass is 10.0. The van der Waals surface area contributed by atoms with Crippen LogP contribution in [0, 0.1) is 17.8 Å². The number of aromatic nitrogens is 1. The SMILES string of the molecule is O=C(Nc1ccc(N2CCOCC2)nc1)C1CC2CC2C1. The molecular weight excluding hydrogens is 266 g/mol. The van der Waals surface area contributed by atoms with Gasteiger partial charge in [0.2, 0.25) is 5.91 Å². The van der Waals surface area contributed by atoms with Crippen LogP contribution in [0.5, 0.6) is 0 Å². The van der Waals surface area contributed by atoms with Crippen LogP contribution in [0.25, 0.3) is 0 Å². The zero-order valence-electron chi connectivity index (χ0n) is 12.1. The third-order valence-electron chi connectivity index (χ3n) is 4.96. The number of nitrogens with zero attached hydrogens (tertiary/aromatic N) is 2. The number of carbonyl (C=O) groups is 1. The number of hydrogen-bond acceptors (Lipinski definition) is 4. The van der Waals surface area contributed by atoms with E-state index in [-0.39, 0.29) is 11.8 Å². The summed E-state index contributed by atoms with van der Waals surface area (Å²) in [6.07, 6.45) is 5.27. The van der Waals surface area contributed by atoms with Crippen LogP contribution in [0.2, 0.25) is 0 Å². The molecule has 112 valence electrons. The molecule has 5 nitrogen and oxygen atoms in total. The van der Waals surface area contributed by atoms with E-state index in [1.807, 2.05) is 12.1 Å². The Hall–Kier alpha value is -1.62. The number of amides is 1. The minimum atomic E-state index is 0.170. The Bertz CT molecular complexity index is 515. The molecule has 21 heavy (non-hydrogen) atoms. The van der Waals surface area contributed by atoms with E-state index in [1.54, 1.807) is 6.20 Å². The third-order valence-corrected chi connectivity index (χ3v) is 4.96. The predicted molar refractivity (Wildman–Crippen MR) is 80.2 cm³/mol. The van der Waals surface area contributed by atoms with E-state index in [2.05, 4.69) is 15.2 Å². The van der Waals surface area contributed by atoms with E-state index in [0.717, 1.165) is 62.5 Å². The highest BCUT2D eigenvalue weighted by atomic mass is 16.5. The van der Waals surface area contributed by atoms with Crippen LogP contribution >= 0.6 is 0 Å². The molecular formula is C16H21N3O2. The summed E-state index contributed by atoms with van der Waals surface area (Å²) in [6, 6.07) is 3.93. The Morgan fingerprint density at radius 3 is 2.62 bits per heavy atom. The van der Waals surface area contributed by atoms with Crippen LogP contribution < -0.4 is 10.2 Å². The summed E-state index contributed by atoms with van der Waals surface area (Å²) in [4.78, 5) is 18.9. The van der Waals surface area contributed by atoms with Gasteiger partial charge in [-0.1, -0.05) is 0 Å². The van der Waals surface area contributed by atoms with E-state index >= 15 is 0 Å². The Kier molecular flexibility index (Phi) is 3.30. The zero-order valence-corrected chi connectivity index (χ0v) is 12.1. The maximum atomic E-state index is 12.2. The van der Waals surface area contributed by atoms with Crippen LogP contribution in [0.1, 0.15) is 19.3 Å². The summed E-state index contributed by atoms with van der Waals surface area (Å²) in [5.41, 5.74) is 0.803. The number of ether oxygens (including phenoxy) is 1. The van der Waals surface area contributed by atoms with Gasteiger partial charge in [-0.3, -0.25) is 4.79 Å². The van der Waals surface area contributed by atoms with Gasteiger partial charge in [0.1, 0.15) is 5.82 Å². The fourth-order valence-electron chi connectivity index (χ4n) is 3.61. The van der Waals surface area contributed by atoms with Crippen molar-refractivity contribution in [2.24, 2.45) is 17.8 Å². The summed E-state index contributed by atoms with van der Waals surface area (Å²) in [5.74, 6) is 3.01. The Morgan fingerprint density at radius 2 is 1.95 bits per heavy atom. The topological polar surface area (TPSA) is 54.5 Å². The average molecular weight is 287 g/mol. The first-order valence-electron chi connectivity index (χ1n) is 7.89. The molecule has 2 atom stereocenters. The van der Waals surface area contributed by atoms with E-state index in [4.69, 9.17) is 4.74 Å². The molecule has 4 rings (SSSR count). The molecule has 1 amide bonds. The fraction of sp³-hybridized carbons (Fsp3) is 0.625. The second-order valence-electron chi connectivity index (χ2n) is 6.42. The van der Waals surface area contributed by atoms with Crippen molar-refractivity contribution < 1.29 is 9.53 Å². The Balaban J connectivity index is 1.36. The number of nitrogens with one attached hydrogen (secondary N) is 1. The Labute approximate surface area is 124 Å². The van der Waals surface area contributed by atoms with Crippen molar-refractivity contribution in [1.82, 2.24) is 4.98 Å². The van der Waals surface area contributed by atoms with Gasteiger partial charge in [0.05, 0.1) is 25.1 Å². The molecule has 1 N–H and O–H groups in total. The second kappa shape index (κ2) is 5.30. The quantitative estimate of drug-likeness (QED) is 0.922. The number of rotatable bonds is 3. The first-order chi connectivity index (χ1) is 10.3. The molecule has 0 radical (unpaired) electrons. The monoisotopic (exact) mass is 287 g/mol. The highest BCUT2D eigenvalue weighted by Gasteiger charge is 2.47. The van der Waals surface area contributed by atoms with Gasteiger partial charge in [0.15, 0.2) is 0 Å². The molecule has 0 aromatic carbocycles. The number of hydrogen-bond donors (Lipinski definition) is 1. The first kappa shape index (κ1) is 13.1. The van der Waals surface area contributed by atoms with Crippen molar-refractivity contribution in [3.05, 3.63) is 18.3 Å².